The Morgan fingerprint density at radius 1 is 1.33 bits per heavy atom. The van der Waals surface area contributed by atoms with Crippen LogP contribution in [0.4, 0.5) is 4.39 Å². The first-order chi connectivity index (χ1) is 5.88. The van der Waals surface area contributed by atoms with Crippen LogP contribution in [0.1, 0.15) is 17.9 Å². The molecule has 0 fully saturated rings. The topological polar surface area (TPSA) is 17.1 Å². The number of hydrogen-bond donors (Lipinski definition) is 0. The zero-order chi connectivity index (χ0) is 8.81. The second-order valence-electron chi connectivity index (χ2n) is 2.63. The number of rotatable bonds is 4. The molecule has 0 aliphatic rings. The molecule has 0 radical (unpaired) electrons. The molecule has 0 spiro atoms. The summed E-state index contributed by atoms with van der Waals surface area (Å²) in [4.78, 5) is 10.5. The zero-order valence-electron chi connectivity index (χ0n) is 6.74. The van der Waals surface area contributed by atoms with E-state index in [-0.39, 0.29) is 12.3 Å². The minimum atomic E-state index is -0.446. The summed E-state index contributed by atoms with van der Waals surface area (Å²) >= 11 is 0. The standard InChI is InChI=1S/C10H11FO/c11-7-6-10(8-12)9-4-2-1-3-5-9/h1-5,8,10H,6-7H2. The summed E-state index contributed by atoms with van der Waals surface area (Å²) in [6, 6.07) is 9.26. The highest BCUT2D eigenvalue weighted by molar-refractivity contribution is 5.61. The van der Waals surface area contributed by atoms with Gasteiger partial charge in [-0.15, -0.1) is 0 Å². The Kier molecular flexibility index (Phi) is 3.45. The molecule has 0 heterocycles. The molecule has 12 heavy (non-hydrogen) atoms. The highest BCUT2D eigenvalue weighted by atomic mass is 19.1. The Bertz CT molecular complexity index is 233. The van der Waals surface area contributed by atoms with Gasteiger partial charge in [0.15, 0.2) is 0 Å². The van der Waals surface area contributed by atoms with E-state index in [4.69, 9.17) is 0 Å². The maximum absolute atomic E-state index is 12.0. The molecule has 1 aromatic rings. The summed E-state index contributed by atoms with van der Waals surface area (Å²) in [6.07, 6.45) is 1.09. The summed E-state index contributed by atoms with van der Waals surface area (Å²) in [5.74, 6) is -0.281. The van der Waals surface area contributed by atoms with Gasteiger partial charge in [0.1, 0.15) is 6.29 Å². The molecule has 64 valence electrons. The van der Waals surface area contributed by atoms with E-state index in [9.17, 15) is 9.18 Å². The normalized spacial score (nSPS) is 12.4. The fourth-order valence-corrected chi connectivity index (χ4v) is 1.13. The second-order valence-corrected chi connectivity index (χ2v) is 2.63. The third-order valence-electron chi connectivity index (χ3n) is 1.81. The second kappa shape index (κ2) is 4.65. The van der Waals surface area contributed by atoms with Crippen LogP contribution in [0.3, 0.4) is 0 Å². The van der Waals surface area contributed by atoms with Crippen LogP contribution in [0.15, 0.2) is 30.3 Å². The molecular weight excluding hydrogens is 155 g/mol. The van der Waals surface area contributed by atoms with Gasteiger partial charge in [0.05, 0.1) is 6.67 Å². The van der Waals surface area contributed by atoms with E-state index in [1.807, 2.05) is 30.3 Å². The molecule has 0 aliphatic heterocycles. The van der Waals surface area contributed by atoms with Crippen LogP contribution < -0.4 is 0 Å². The van der Waals surface area contributed by atoms with Crippen molar-refractivity contribution in [2.75, 3.05) is 6.67 Å². The Morgan fingerprint density at radius 2 is 2.00 bits per heavy atom. The lowest BCUT2D eigenvalue weighted by Crippen LogP contribution is -2.00. The van der Waals surface area contributed by atoms with E-state index in [2.05, 4.69) is 0 Å². The average molecular weight is 166 g/mol. The summed E-state index contributed by atoms with van der Waals surface area (Å²) in [5.41, 5.74) is 0.894. The van der Waals surface area contributed by atoms with Gasteiger partial charge in [0, 0.05) is 5.92 Å². The van der Waals surface area contributed by atoms with Crippen molar-refractivity contribution in [3.63, 3.8) is 0 Å². The van der Waals surface area contributed by atoms with Gasteiger partial charge in [0.2, 0.25) is 0 Å². The molecule has 1 nitrogen and oxygen atoms in total. The number of carbonyl (C=O) groups excluding carboxylic acids is 1. The third kappa shape index (κ3) is 2.16. The van der Waals surface area contributed by atoms with Gasteiger partial charge in [-0.3, -0.25) is 4.39 Å². The maximum Gasteiger partial charge on any atom is 0.127 e. The van der Waals surface area contributed by atoms with Crippen LogP contribution in [-0.4, -0.2) is 13.0 Å². The minimum absolute atomic E-state index is 0.281. The molecule has 1 rings (SSSR count). The molecule has 0 saturated heterocycles. The average Bonchev–Trinajstić information content (AvgIpc) is 2.15. The lowest BCUT2D eigenvalue weighted by Gasteiger charge is -2.06. The molecular formula is C10H11FO. The predicted molar refractivity (Wildman–Crippen MR) is 45.8 cm³/mol. The van der Waals surface area contributed by atoms with E-state index >= 15 is 0 Å². The quantitative estimate of drug-likeness (QED) is 0.627. The van der Waals surface area contributed by atoms with Crippen molar-refractivity contribution in [3.8, 4) is 0 Å². The number of hydrogen-bond acceptors (Lipinski definition) is 1. The summed E-state index contributed by atoms with van der Waals surface area (Å²) < 4.78 is 12.0. The predicted octanol–water partition coefficient (Wildman–Crippen LogP) is 2.33. The molecule has 0 aliphatic carbocycles. The van der Waals surface area contributed by atoms with Crippen LogP contribution in [0.2, 0.25) is 0 Å². The SMILES string of the molecule is O=CC(CCF)c1ccccc1. The van der Waals surface area contributed by atoms with Gasteiger partial charge in [-0.05, 0) is 12.0 Å². The number of alkyl halides is 1. The summed E-state index contributed by atoms with van der Waals surface area (Å²) in [7, 11) is 0. The molecule has 1 unspecified atom stereocenters. The number of aldehydes is 1. The van der Waals surface area contributed by atoms with Crippen LogP contribution in [0.5, 0.6) is 0 Å². The summed E-state index contributed by atoms with van der Waals surface area (Å²) in [5, 5.41) is 0. The minimum Gasteiger partial charge on any atom is -0.303 e. The molecule has 1 atom stereocenters. The third-order valence-corrected chi connectivity index (χ3v) is 1.81. The lowest BCUT2D eigenvalue weighted by molar-refractivity contribution is -0.109. The lowest BCUT2D eigenvalue weighted by atomic mass is 9.98. The molecule has 0 amide bonds. The number of benzene rings is 1. The van der Waals surface area contributed by atoms with Crippen molar-refractivity contribution in [1.82, 2.24) is 0 Å². The van der Waals surface area contributed by atoms with Crippen LogP contribution >= 0.6 is 0 Å². The highest BCUT2D eigenvalue weighted by Crippen LogP contribution is 2.16. The van der Waals surface area contributed by atoms with Gasteiger partial charge in [-0.25, -0.2) is 0 Å². The van der Waals surface area contributed by atoms with E-state index in [1.165, 1.54) is 0 Å². The van der Waals surface area contributed by atoms with Crippen LogP contribution in [0.25, 0.3) is 0 Å². The van der Waals surface area contributed by atoms with Crippen molar-refractivity contribution >= 4 is 6.29 Å². The number of carbonyl (C=O) groups is 1. The van der Waals surface area contributed by atoms with E-state index in [1.54, 1.807) is 0 Å². The van der Waals surface area contributed by atoms with Crippen molar-refractivity contribution in [2.24, 2.45) is 0 Å². The molecule has 0 N–H and O–H groups in total. The van der Waals surface area contributed by atoms with E-state index in [0.29, 0.717) is 0 Å². The zero-order valence-corrected chi connectivity index (χ0v) is 6.74. The molecule has 0 aromatic heterocycles. The monoisotopic (exact) mass is 166 g/mol. The molecule has 2 heteroatoms. The first-order valence-corrected chi connectivity index (χ1v) is 3.94. The van der Waals surface area contributed by atoms with E-state index < -0.39 is 6.67 Å². The smallest absolute Gasteiger partial charge is 0.127 e. The van der Waals surface area contributed by atoms with Crippen molar-refractivity contribution in [1.29, 1.82) is 0 Å². The molecule has 0 saturated carbocycles. The van der Waals surface area contributed by atoms with Crippen molar-refractivity contribution in [3.05, 3.63) is 35.9 Å². The van der Waals surface area contributed by atoms with Gasteiger partial charge in [0.25, 0.3) is 0 Å². The fourth-order valence-electron chi connectivity index (χ4n) is 1.13. The molecule has 0 bridgehead atoms. The van der Waals surface area contributed by atoms with Gasteiger partial charge < -0.3 is 4.79 Å². The fraction of sp³-hybridized carbons (Fsp3) is 0.300. The van der Waals surface area contributed by atoms with Crippen LogP contribution in [-0.2, 0) is 4.79 Å². The number of halogens is 1. The Morgan fingerprint density at radius 3 is 2.50 bits per heavy atom. The first kappa shape index (κ1) is 8.91. The first-order valence-electron chi connectivity index (χ1n) is 3.94. The van der Waals surface area contributed by atoms with Gasteiger partial charge in [-0.1, -0.05) is 30.3 Å². The summed E-state index contributed by atoms with van der Waals surface area (Å²) in [6.45, 7) is -0.446. The maximum atomic E-state index is 12.0. The van der Waals surface area contributed by atoms with Gasteiger partial charge >= 0.3 is 0 Å². The highest BCUT2D eigenvalue weighted by Gasteiger charge is 2.08. The van der Waals surface area contributed by atoms with Crippen molar-refractivity contribution in [2.45, 2.75) is 12.3 Å². The Hall–Kier alpha value is -1.18. The Balaban J connectivity index is 2.73. The van der Waals surface area contributed by atoms with Crippen LogP contribution in [0, 0.1) is 0 Å². The van der Waals surface area contributed by atoms with Gasteiger partial charge in [-0.2, -0.15) is 0 Å². The Labute approximate surface area is 71.2 Å². The van der Waals surface area contributed by atoms with Crippen molar-refractivity contribution < 1.29 is 9.18 Å². The van der Waals surface area contributed by atoms with E-state index in [0.717, 1.165) is 11.8 Å². The largest absolute Gasteiger partial charge is 0.303 e. The molecule has 1 aromatic carbocycles.